The van der Waals surface area contributed by atoms with Crippen molar-refractivity contribution in [3.8, 4) is 0 Å². The second-order valence-electron chi connectivity index (χ2n) is 9.37. The van der Waals surface area contributed by atoms with Crippen molar-refractivity contribution in [2.24, 2.45) is 5.92 Å². The normalized spacial score (nSPS) is 21.1. The first-order valence-electron chi connectivity index (χ1n) is 11.7. The number of anilines is 2. The Bertz CT molecular complexity index is 1260. The summed E-state index contributed by atoms with van der Waals surface area (Å²) in [5, 5.41) is 8.17. The molecular formula is C24H27F3N6O2. The van der Waals surface area contributed by atoms with Gasteiger partial charge in [-0.2, -0.15) is 23.3 Å². The maximum absolute atomic E-state index is 13.8. The largest absolute Gasteiger partial charge is 0.469 e. The molecule has 0 spiro atoms. The van der Waals surface area contributed by atoms with Crippen molar-refractivity contribution in [2.45, 2.75) is 50.9 Å². The number of alkyl halides is 3. The van der Waals surface area contributed by atoms with Gasteiger partial charge in [0.1, 0.15) is 0 Å². The molecule has 0 bridgehead atoms. The smallest absolute Gasteiger partial charge is 0.416 e. The Morgan fingerprint density at radius 1 is 1.23 bits per heavy atom. The van der Waals surface area contributed by atoms with E-state index in [1.807, 2.05) is 11.9 Å². The Morgan fingerprint density at radius 3 is 2.83 bits per heavy atom. The van der Waals surface area contributed by atoms with E-state index >= 15 is 0 Å². The predicted octanol–water partition coefficient (Wildman–Crippen LogP) is 4.48. The maximum atomic E-state index is 13.8. The number of nitrogens with one attached hydrogen (secondary N) is 1. The van der Waals surface area contributed by atoms with Gasteiger partial charge in [0.15, 0.2) is 5.65 Å². The summed E-state index contributed by atoms with van der Waals surface area (Å²) in [6.07, 6.45) is 2.27. The standard InChI is InChI=1S/C24H27F3N6O2/c1-32-7-6-19-15(13-32)8-17(10-20(19)24(25,26)27)30-23-28-11-16-12-29-33(21(16)31-23)18-5-3-4-14(9-18)22(34)35-2/h8,10-12,14,18H,3-7,9,13H2,1-2H3,(H,28,30,31)/t14-,18-/m1/s1. The number of methoxy groups -OCH3 is 1. The fourth-order valence-corrected chi connectivity index (χ4v) is 5.23. The monoisotopic (exact) mass is 488 g/mol. The van der Waals surface area contributed by atoms with Crippen LogP contribution in [-0.2, 0) is 28.7 Å². The van der Waals surface area contributed by atoms with Gasteiger partial charge in [0.05, 0.1) is 36.2 Å². The maximum Gasteiger partial charge on any atom is 0.416 e. The summed E-state index contributed by atoms with van der Waals surface area (Å²) in [6, 6.07) is 2.86. The third kappa shape index (κ3) is 4.69. The minimum absolute atomic E-state index is 0.0239. The van der Waals surface area contributed by atoms with Crippen molar-refractivity contribution in [2.75, 3.05) is 26.0 Å². The number of hydrogen-bond donors (Lipinski definition) is 1. The lowest BCUT2D eigenvalue weighted by atomic mass is 9.86. The molecule has 3 aromatic rings. The SMILES string of the molecule is COC(=O)[C@@H]1CCC[C@@H](n2ncc3cnc(Nc4cc5c(c(C(F)(F)F)c4)CCN(C)C5)nc32)C1. The molecule has 0 saturated heterocycles. The number of hydrogen-bond acceptors (Lipinski definition) is 7. The van der Waals surface area contributed by atoms with Crippen molar-refractivity contribution in [1.29, 1.82) is 0 Å². The number of rotatable bonds is 4. The molecule has 0 unspecified atom stereocenters. The Labute approximate surface area is 200 Å². The highest BCUT2D eigenvalue weighted by Gasteiger charge is 2.36. The van der Waals surface area contributed by atoms with Crippen LogP contribution in [0.1, 0.15) is 48.4 Å². The van der Waals surface area contributed by atoms with Crippen molar-refractivity contribution < 1.29 is 22.7 Å². The molecule has 1 aromatic carbocycles. The van der Waals surface area contributed by atoms with Crippen molar-refractivity contribution in [3.63, 3.8) is 0 Å². The van der Waals surface area contributed by atoms with Crippen LogP contribution in [0.3, 0.4) is 0 Å². The zero-order valence-electron chi connectivity index (χ0n) is 19.6. The highest BCUT2D eigenvalue weighted by molar-refractivity contribution is 5.76. The molecule has 1 N–H and O–H groups in total. The molecular weight excluding hydrogens is 461 g/mol. The van der Waals surface area contributed by atoms with E-state index in [4.69, 9.17) is 4.74 Å². The van der Waals surface area contributed by atoms with E-state index in [0.717, 1.165) is 30.7 Å². The molecule has 11 heteroatoms. The number of esters is 1. The molecule has 3 heterocycles. The van der Waals surface area contributed by atoms with Crippen LogP contribution in [0.15, 0.2) is 24.5 Å². The van der Waals surface area contributed by atoms with Crippen LogP contribution in [0, 0.1) is 5.92 Å². The Morgan fingerprint density at radius 2 is 2.06 bits per heavy atom. The van der Waals surface area contributed by atoms with E-state index in [1.165, 1.54) is 7.11 Å². The Hall–Kier alpha value is -3.21. The van der Waals surface area contributed by atoms with Gasteiger partial charge in [-0.25, -0.2) is 9.67 Å². The van der Waals surface area contributed by atoms with Gasteiger partial charge in [-0.1, -0.05) is 6.42 Å². The van der Waals surface area contributed by atoms with Crippen LogP contribution in [-0.4, -0.2) is 51.3 Å². The lowest BCUT2D eigenvalue weighted by Gasteiger charge is -2.28. The molecule has 0 amide bonds. The van der Waals surface area contributed by atoms with Gasteiger partial charge < -0.3 is 15.0 Å². The molecule has 35 heavy (non-hydrogen) atoms. The van der Waals surface area contributed by atoms with Gasteiger partial charge in [0, 0.05) is 25.0 Å². The quantitative estimate of drug-likeness (QED) is 0.542. The van der Waals surface area contributed by atoms with Gasteiger partial charge in [0.25, 0.3) is 0 Å². The highest BCUT2D eigenvalue weighted by Crippen LogP contribution is 2.38. The summed E-state index contributed by atoms with van der Waals surface area (Å²) >= 11 is 0. The number of fused-ring (bicyclic) bond motifs is 2. The first kappa shape index (κ1) is 23.5. The number of benzene rings is 1. The molecule has 1 aliphatic heterocycles. The number of carbonyl (C=O) groups is 1. The molecule has 5 rings (SSSR count). The molecule has 186 valence electrons. The van der Waals surface area contributed by atoms with Gasteiger partial charge in [-0.15, -0.1) is 0 Å². The van der Waals surface area contributed by atoms with Gasteiger partial charge in [-0.3, -0.25) is 4.79 Å². The first-order chi connectivity index (χ1) is 16.7. The third-order valence-electron chi connectivity index (χ3n) is 6.95. The number of carbonyl (C=O) groups excluding carboxylic acids is 1. The van der Waals surface area contributed by atoms with Gasteiger partial charge >= 0.3 is 12.1 Å². The second kappa shape index (κ2) is 9.10. The molecule has 1 aliphatic carbocycles. The van der Waals surface area contributed by atoms with E-state index in [1.54, 1.807) is 23.1 Å². The second-order valence-corrected chi connectivity index (χ2v) is 9.37. The van der Waals surface area contributed by atoms with Crippen LogP contribution in [0.5, 0.6) is 0 Å². The van der Waals surface area contributed by atoms with E-state index in [9.17, 15) is 18.0 Å². The van der Waals surface area contributed by atoms with Crippen molar-refractivity contribution >= 4 is 28.6 Å². The predicted molar refractivity (Wildman–Crippen MR) is 123 cm³/mol. The fraction of sp³-hybridized carbons (Fsp3) is 0.500. The summed E-state index contributed by atoms with van der Waals surface area (Å²) in [5.74, 6) is -0.217. The van der Waals surface area contributed by atoms with Crippen molar-refractivity contribution in [3.05, 3.63) is 41.2 Å². The molecule has 8 nitrogen and oxygen atoms in total. The summed E-state index contributed by atoms with van der Waals surface area (Å²) in [7, 11) is 3.29. The topological polar surface area (TPSA) is 85.2 Å². The number of halogens is 3. The van der Waals surface area contributed by atoms with E-state index in [0.29, 0.717) is 48.4 Å². The summed E-state index contributed by atoms with van der Waals surface area (Å²) in [5.41, 5.74) is 1.26. The fourth-order valence-electron chi connectivity index (χ4n) is 5.23. The lowest BCUT2D eigenvalue weighted by molar-refractivity contribution is -0.147. The Kier molecular flexibility index (Phi) is 6.12. The van der Waals surface area contributed by atoms with E-state index in [-0.39, 0.29) is 23.9 Å². The van der Waals surface area contributed by atoms with E-state index < -0.39 is 11.7 Å². The molecule has 0 radical (unpaired) electrons. The molecule has 1 saturated carbocycles. The molecule has 1 fully saturated rings. The zero-order chi connectivity index (χ0) is 24.7. The summed E-state index contributed by atoms with van der Waals surface area (Å²) < 4.78 is 48.2. The van der Waals surface area contributed by atoms with Crippen LogP contribution < -0.4 is 5.32 Å². The first-order valence-corrected chi connectivity index (χ1v) is 11.7. The Balaban J connectivity index is 1.46. The van der Waals surface area contributed by atoms with Gasteiger partial charge in [-0.05, 0) is 56.0 Å². The number of nitrogens with zero attached hydrogens (tertiary/aromatic N) is 5. The van der Waals surface area contributed by atoms with Crippen LogP contribution in [0.4, 0.5) is 24.8 Å². The van der Waals surface area contributed by atoms with Crippen LogP contribution in [0.2, 0.25) is 0 Å². The molecule has 2 aromatic heterocycles. The average Bonchev–Trinajstić information content (AvgIpc) is 3.25. The number of aromatic nitrogens is 4. The number of ether oxygens (including phenoxy) is 1. The zero-order valence-corrected chi connectivity index (χ0v) is 19.6. The van der Waals surface area contributed by atoms with Gasteiger partial charge in [0.2, 0.25) is 5.95 Å². The molecule has 2 aliphatic rings. The minimum Gasteiger partial charge on any atom is -0.469 e. The highest BCUT2D eigenvalue weighted by atomic mass is 19.4. The van der Waals surface area contributed by atoms with Crippen LogP contribution >= 0.6 is 0 Å². The lowest BCUT2D eigenvalue weighted by Crippen LogP contribution is -2.28. The minimum atomic E-state index is -4.45. The number of likely N-dealkylation sites (N-methyl/N-ethyl adjacent to an activating group) is 1. The van der Waals surface area contributed by atoms with E-state index in [2.05, 4.69) is 20.4 Å². The van der Waals surface area contributed by atoms with Crippen LogP contribution in [0.25, 0.3) is 11.0 Å². The molecule has 2 atom stereocenters. The summed E-state index contributed by atoms with van der Waals surface area (Å²) in [6.45, 7) is 1.04. The van der Waals surface area contributed by atoms with Crippen molar-refractivity contribution in [1.82, 2.24) is 24.6 Å². The third-order valence-corrected chi connectivity index (χ3v) is 6.95. The average molecular weight is 489 g/mol. The summed E-state index contributed by atoms with van der Waals surface area (Å²) in [4.78, 5) is 22.9.